The van der Waals surface area contributed by atoms with Crippen LogP contribution in [0.5, 0.6) is 0 Å². The lowest BCUT2D eigenvalue weighted by Crippen LogP contribution is -2.13. The van der Waals surface area contributed by atoms with Crippen LogP contribution in [0.25, 0.3) is 0 Å². The summed E-state index contributed by atoms with van der Waals surface area (Å²) in [6, 6.07) is 5.20. The van der Waals surface area contributed by atoms with Gasteiger partial charge in [0.15, 0.2) is 0 Å². The van der Waals surface area contributed by atoms with Crippen LogP contribution in [0.1, 0.15) is 10.4 Å². The summed E-state index contributed by atoms with van der Waals surface area (Å²) in [6.07, 6.45) is 1.38. The summed E-state index contributed by atoms with van der Waals surface area (Å²) in [7, 11) is 0. The molecule has 1 amide bonds. The number of hydrogen-bond donors (Lipinski definition) is 3. The Morgan fingerprint density at radius 3 is 2.88 bits per heavy atom. The minimum absolute atomic E-state index is 0.242. The van der Waals surface area contributed by atoms with Gasteiger partial charge in [0.2, 0.25) is 0 Å². The van der Waals surface area contributed by atoms with E-state index in [1.54, 1.807) is 18.2 Å². The lowest BCUT2D eigenvalue weighted by atomic mass is 10.2. The van der Waals surface area contributed by atoms with Gasteiger partial charge in [-0.25, -0.2) is 0 Å². The van der Waals surface area contributed by atoms with Gasteiger partial charge >= 0.3 is 0 Å². The van der Waals surface area contributed by atoms with Crippen molar-refractivity contribution in [2.45, 2.75) is 0 Å². The number of carbonyl (C=O) groups excluding carboxylic acids is 1. The van der Waals surface area contributed by atoms with Gasteiger partial charge in [-0.3, -0.25) is 9.89 Å². The van der Waals surface area contributed by atoms with Crippen molar-refractivity contribution in [1.29, 1.82) is 0 Å². The van der Waals surface area contributed by atoms with E-state index in [0.29, 0.717) is 16.3 Å². The number of aromatic nitrogens is 2. The number of halogens is 2. The quantitative estimate of drug-likeness (QED) is 0.718. The van der Waals surface area contributed by atoms with Crippen molar-refractivity contribution in [3.63, 3.8) is 0 Å². The van der Waals surface area contributed by atoms with Crippen molar-refractivity contribution in [1.82, 2.24) is 10.2 Å². The van der Waals surface area contributed by atoms with Gasteiger partial charge in [0.1, 0.15) is 11.4 Å². The summed E-state index contributed by atoms with van der Waals surface area (Å²) in [6.45, 7) is 0. The first-order valence-electron chi connectivity index (χ1n) is 4.63. The zero-order valence-electron chi connectivity index (χ0n) is 8.50. The zero-order chi connectivity index (χ0) is 12.4. The van der Waals surface area contributed by atoms with E-state index in [-0.39, 0.29) is 11.7 Å². The first kappa shape index (κ1) is 12.2. The third kappa shape index (κ3) is 2.70. The average molecular weight is 363 g/mol. The van der Waals surface area contributed by atoms with E-state index >= 15 is 0 Å². The van der Waals surface area contributed by atoms with Gasteiger partial charge in [-0.1, -0.05) is 11.6 Å². The molecule has 0 saturated carbocycles. The molecule has 0 saturated heterocycles. The molecule has 2 rings (SSSR count). The molecule has 0 atom stereocenters. The minimum atomic E-state index is -0.309. The molecule has 5 nitrogen and oxygen atoms in total. The normalized spacial score (nSPS) is 10.2. The highest BCUT2D eigenvalue weighted by Gasteiger charge is 2.12. The summed E-state index contributed by atoms with van der Waals surface area (Å²) in [5, 5.41) is 9.55. The number of nitrogens with zero attached hydrogens (tertiary/aromatic N) is 1. The van der Waals surface area contributed by atoms with Crippen LogP contribution in [0.2, 0.25) is 5.02 Å². The van der Waals surface area contributed by atoms with E-state index in [0.717, 1.165) is 3.57 Å². The summed E-state index contributed by atoms with van der Waals surface area (Å²) in [4.78, 5) is 11.8. The van der Waals surface area contributed by atoms with Crippen molar-refractivity contribution in [3.8, 4) is 0 Å². The Hall–Kier alpha value is -1.28. The Bertz CT molecular complexity index is 569. The third-order valence-corrected chi connectivity index (χ3v) is 3.22. The average Bonchev–Trinajstić information content (AvgIpc) is 2.68. The van der Waals surface area contributed by atoms with Crippen LogP contribution in [0.4, 0.5) is 11.5 Å². The second kappa shape index (κ2) is 4.92. The van der Waals surface area contributed by atoms with Crippen molar-refractivity contribution in [2.24, 2.45) is 0 Å². The number of benzene rings is 1. The molecule has 1 heterocycles. The molecular weight excluding hydrogens is 354 g/mol. The van der Waals surface area contributed by atoms with E-state index < -0.39 is 0 Å². The molecule has 0 aliphatic carbocycles. The van der Waals surface area contributed by atoms with E-state index in [2.05, 4.69) is 38.1 Å². The number of hydrogen-bond acceptors (Lipinski definition) is 3. The third-order valence-electron chi connectivity index (χ3n) is 2.09. The standard InChI is InChI=1S/C10H8ClIN4O/c11-5-1-2-8(7(12)3-5)15-10(17)6-4-14-16-9(6)13/h1-4H,(H,15,17)(H3,13,14,16). The van der Waals surface area contributed by atoms with Crippen LogP contribution in [0, 0.1) is 3.57 Å². The van der Waals surface area contributed by atoms with Crippen LogP contribution in [0.3, 0.4) is 0 Å². The summed E-state index contributed by atoms with van der Waals surface area (Å²) in [5.41, 5.74) is 6.55. The van der Waals surface area contributed by atoms with Crippen LogP contribution in [0.15, 0.2) is 24.4 Å². The fourth-order valence-electron chi connectivity index (χ4n) is 1.26. The topological polar surface area (TPSA) is 83.8 Å². The van der Waals surface area contributed by atoms with E-state index in [4.69, 9.17) is 17.3 Å². The summed E-state index contributed by atoms with van der Waals surface area (Å²) in [5.74, 6) is -0.0667. The number of H-pyrrole nitrogens is 1. The number of nitrogen functional groups attached to an aromatic ring is 1. The van der Waals surface area contributed by atoms with Gasteiger partial charge in [0, 0.05) is 8.59 Å². The second-order valence-electron chi connectivity index (χ2n) is 3.28. The van der Waals surface area contributed by atoms with Crippen molar-refractivity contribution < 1.29 is 4.79 Å². The van der Waals surface area contributed by atoms with Gasteiger partial charge in [0.25, 0.3) is 5.91 Å². The van der Waals surface area contributed by atoms with E-state index in [1.807, 2.05) is 0 Å². The fraction of sp³-hybridized carbons (Fsp3) is 0. The Kier molecular flexibility index (Phi) is 3.53. The zero-order valence-corrected chi connectivity index (χ0v) is 11.4. The number of amides is 1. The SMILES string of the molecule is Nc1[nH]ncc1C(=O)Nc1ccc(Cl)cc1I. The first-order chi connectivity index (χ1) is 8.08. The van der Waals surface area contributed by atoms with Crippen LogP contribution in [-0.4, -0.2) is 16.1 Å². The highest BCUT2D eigenvalue weighted by Crippen LogP contribution is 2.23. The maximum atomic E-state index is 11.8. The second-order valence-corrected chi connectivity index (χ2v) is 4.87. The molecule has 0 spiro atoms. The molecule has 0 fully saturated rings. The van der Waals surface area contributed by atoms with Crippen LogP contribution in [-0.2, 0) is 0 Å². The van der Waals surface area contributed by atoms with Gasteiger partial charge in [-0.15, -0.1) is 0 Å². The van der Waals surface area contributed by atoms with Crippen molar-refractivity contribution in [3.05, 3.63) is 38.6 Å². The van der Waals surface area contributed by atoms with E-state index in [9.17, 15) is 4.79 Å². The molecule has 2 aromatic rings. The summed E-state index contributed by atoms with van der Waals surface area (Å²) >= 11 is 7.92. The van der Waals surface area contributed by atoms with Crippen LogP contribution < -0.4 is 11.1 Å². The molecule has 1 aromatic carbocycles. The molecule has 88 valence electrons. The number of rotatable bonds is 2. The molecule has 0 aliphatic rings. The molecule has 4 N–H and O–H groups in total. The molecule has 17 heavy (non-hydrogen) atoms. The minimum Gasteiger partial charge on any atom is -0.383 e. The van der Waals surface area contributed by atoms with Crippen LogP contribution >= 0.6 is 34.2 Å². The molecular formula is C10H8ClIN4O. The van der Waals surface area contributed by atoms with Gasteiger partial charge < -0.3 is 11.1 Å². The predicted octanol–water partition coefficient (Wildman–Crippen LogP) is 2.50. The highest BCUT2D eigenvalue weighted by atomic mass is 127. The lowest BCUT2D eigenvalue weighted by molar-refractivity contribution is 0.102. The number of nitrogens with one attached hydrogen (secondary N) is 2. The molecule has 7 heteroatoms. The van der Waals surface area contributed by atoms with Gasteiger partial charge in [-0.2, -0.15) is 5.10 Å². The Morgan fingerprint density at radius 2 is 2.29 bits per heavy atom. The Morgan fingerprint density at radius 1 is 1.53 bits per heavy atom. The monoisotopic (exact) mass is 362 g/mol. The van der Waals surface area contributed by atoms with E-state index in [1.165, 1.54) is 6.20 Å². The summed E-state index contributed by atoms with van der Waals surface area (Å²) < 4.78 is 0.852. The molecule has 0 aliphatic heterocycles. The predicted molar refractivity (Wildman–Crippen MR) is 75.1 cm³/mol. The first-order valence-corrected chi connectivity index (χ1v) is 6.09. The number of anilines is 2. The number of carbonyl (C=O) groups is 1. The van der Waals surface area contributed by atoms with Gasteiger partial charge in [-0.05, 0) is 40.8 Å². The molecule has 0 bridgehead atoms. The van der Waals surface area contributed by atoms with Crippen molar-refractivity contribution in [2.75, 3.05) is 11.1 Å². The Labute approximate surface area is 116 Å². The molecule has 0 unspecified atom stereocenters. The highest BCUT2D eigenvalue weighted by molar-refractivity contribution is 14.1. The number of nitrogens with two attached hydrogens (primary N) is 1. The lowest BCUT2D eigenvalue weighted by Gasteiger charge is -2.06. The fourth-order valence-corrected chi connectivity index (χ4v) is 2.26. The maximum Gasteiger partial charge on any atom is 0.261 e. The Balaban J connectivity index is 2.22. The van der Waals surface area contributed by atoms with Gasteiger partial charge in [0.05, 0.1) is 11.9 Å². The van der Waals surface area contributed by atoms with Crippen molar-refractivity contribution >= 4 is 51.6 Å². The smallest absolute Gasteiger partial charge is 0.261 e. The molecule has 0 radical (unpaired) electrons. The maximum absolute atomic E-state index is 11.8. The largest absolute Gasteiger partial charge is 0.383 e. The number of aromatic amines is 1. The molecule has 1 aromatic heterocycles.